The van der Waals surface area contributed by atoms with E-state index in [0.717, 1.165) is 5.56 Å². The van der Waals surface area contributed by atoms with E-state index in [2.05, 4.69) is 15.7 Å². The summed E-state index contributed by atoms with van der Waals surface area (Å²) in [7, 11) is 0. The first-order valence-electron chi connectivity index (χ1n) is 6.20. The average molecular weight is 325 g/mol. The van der Waals surface area contributed by atoms with E-state index in [-0.39, 0.29) is 17.0 Å². The number of hydrogen-bond donors (Lipinski definition) is 3. The number of amides is 1. The highest BCUT2D eigenvalue weighted by Crippen LogP contribution is 2.23. The second-order valence-electron chi connectivity index (χ2n) is 4.42. The van der Waals surface area contributed by atoms with Gasteiger partial charge in [-0.1, -0.05) is 41.4 Å². The van der Waals surface area contributed by atoms with Crippen molar-refractivity contribution in [1.82, 2.24) is 10.3 Å². The molecule has 110 valence electrons. The van der Waals surface area contributed by atoms with Crippen molar-refractivity contribution in [2.24, 2.45) is 5.84 Å². The third kappa shape index (κ3) is 3.64. The Morgan fingerprint density at radius 3 is 2.62 bits per heavy atom. The summed E-state index contributed by atoms with van der Waals surface area (Å²) in [6.07, 6.45) is 1.40. The number of aromatic nitrogens is 1. The van der Waals surface area contributed by atoms with Gasteiger partial charge in [0.1, 0.15) is 0 Å². The van der Waals surface area contributed by atoms with E-state index in [1.54, 1.807) is 6.07 Å². The molecule has 2 rings (SSSR count). The summed E-state index contributed by atoms with van der Waals surface area (Å²) < 4.78 is 0. The van der Waals surface area contributed by atoms with Gasteiger partial charge in [-0.2, -0.15) is 0 Å². The monoisotopic (exact) mass is 324 g/mol. The van der Waals surface area contributed by atoms with Crippen molar-refractivity contribution < 1.29 is 4.79 Å². The van der Waals surface area contributed by atoms with Crippen molar-refractivity contribution in [3.8, 4) is 0 Å². The second-order valence-corrected chi connectivity index (χ2v) is 5.23. The van der Waals surface area contributed by atoms with Crippen LogP contribution in [0, 0.1) is 0 Å². The Morgan fingerprint density at radius 1 is 1.29 bits per heavy atom. The number of nitrogen functional groups attached to an aromatic ring is 1. The molecule has 0 fully saturated rings. The first kappa shape index (κ1) is 15.6. The molecule has 5 nitrogen and oxygen atoms in total. The minimum absolute atomic E-state index is 0.239. The summed E-state index contributed by atoms with van der Waals surface area (Å²) in [5.41, 5.74) is 3.53. The van der Waals surface area contributed by atoms with Crippen molar-refractivity contribution in [3.05, 3.63) is 57.7 Å². The molecule has 0 aliphatic carbocycles. The Bertz CT molecular complexity index is 663. The minimum Gasteiger partial charge on any atom is -0.345 e. The summed E-state index contributed by atoms with van der Waals surface area (Å²) in [5, 5.41) is 3.72. The zero-order chi connectivity index (χ0) is 15.4. The van der Waals surface area contributed by atoms with Crippen LogP contribution >= 0.6 is 23.2 Å². The van der Waals surface area contributed by atoms with Gasteiger partial charge in [0.2, 0.25) is 0 Å². The minimum atomic E-state index is -0.291. The van der Waals surface area contributed by atoms with Gasteiger partial charge in [0.15, 0.2) is 5.82 Å². The van der Waals surface area contributed by atoms with E-state index in [1.807, 2.05) is 25.1 Å². The first-order valence-corrected chi connectivity index (χ1v) is 6.96. The van der Waals surface area contributed by atoms with E-state index < -0.39 is 0 Å². The normalized spacial score (nSPS) is 11.8. The van der Waals surface area contributed by atoms with E-state index in [9.17, 15) is 4.79 Å². The average Bonchev–Trinajstić information content (AvgIpc) is 2.47. The van der Waals surface area contributed by atoms with Crippen LogP contribution < -0.4 is 16.6 Å². The molecule has 1 unspecified atom stereocenters. The third-order valence-electron chi connectivity index (χ3n) is 2.96. The van der Waals surface area contributed by atoms with Gasteiger partial charge in [-0.25, -0.2) is 10.8 Å². The maximum absolute atomic E-state index is 12.2. The van der Waals surface area contributed by atoms with Crippen molar-refractivity contribution in [1.29, 1.82) is 0 Å². The number of carbonyl (C=O) groups is 1. The Balaban J connectivity index is 2.14. The molecule has 1 atom stereocenters. The lowest BCUT2D eigenvalue weighted by molar-refractivity contribution is 0.0939. The van der Waals surface area contributed by atoms with Crippen LogP contribution in [0.5, 0.6) is 0 Å². The number of pyridine rings is 1. The maximum atomic E-state index is 12.2. The van der Waals surface area contributed by atoms with Crippen LogP contribution in [0.2, 0.25) is 10.0 Å². The van der Waals surface area contributed by atoms with Crippen LogP contribution in [0.3, 0.4) is 0 Å². The number of anilines is 1. The zero-order valence-electron chi connectivity index (χ0n) is 11.2. The van der Waals surface area contributed by atoms with E-state index in [0.29, 0.717) is 16.4 Å². The predicted octanol–water partition coefficient (Wildman–Crippen LogP) is 3.17. The van der Waals surface area contributed by atoms with Gasteiger partial charge in [-0.05, 0) is 24.6 Å². The number of benzene rings is 1. The Kier molecular flexibility index (Phi) is 5.01. The highest BCUT2D eigenvalue weighted by Gasteiger charge is 2.15. The molecule has 7 heteroatoms. The van der Waals surface area contributed by atoms with Gasteiger partial charge in [-0.15, -0.1) is 0 Å². The van der Waals surface area contributed by atoms with E-state index >= 15 is 0 Å². The molecule has 1 heterocycles. The van der Waals surface area contributed by atoms with Gasteiger partial charge in [0.05, 0.1) is 16.6 Å². The second kappa shape index (κ2) is 6.76. The SMILES string of the molecule is CC(NC(=O)c1cnc(NN)c(Cl)c1)c1ccccc1Cl. The highest BCUT2D eigenvalue weighted by atomic mass is 35.5. The molecule has 1 aromatic heterocycles. The lowest BCUT2D eigenvalue weighted by Crippen LogP contribution is -2.27. The number of carbonyl (C=O) groups excluding carboxylic acids is 1. The lowest BCUT2D eigenvalue weighted by atomic mass is 10.1. The summed E-state index contributed by atoms with van der Waals surface area (Å²) in [4.78, 5) is 16.1. The Morgan fingerprint density at radius 2 is 2.00 bits per heavy atom. The summed E-state index contributed by atoms with van der Waals surface area (Å²) in [6.45, 7) is 1.85. The van der Waals surface area contributed by atoms with Gasteiger partial charge in [-0.3, -0.25) is 4.79 Å². The molecule has 4 N–H and O–H groups in total. The molecule has 1 amide bonds. The molecule has 1 aromatic carbocycles. The number of halogens is 2. The number of hydrogen-bond acceptors (Lipinski definition) is 4. The van der Waals surface area contributed by atoms with Gasteiger partial charge < -0.3 is 10.7 Å². The molecule has 0 aliphatic heterocycles. The van der Waals surface area contributed by atoms with Crippen molar-refractivity contribution in [3.63, 3.8) is 0 Å². The van der Waals surface area contributed by atoms with Crippen LogP contribution in [0.25, 0.3) is 0 Å². The standard InChI is InChI=1S/C14H14Cl2N4O/c1-8(10-4-2-3-5-11(10)15)19-14(21)9-6-12(16)13(20-17)18-7-9/h2-8H,17H2,1H3,(H,18,20)(H,19,21). The first-order chi connectivity index (χ1) is 10.0. The molecule has 0 saturated carbocycles. The summed E-state index contributed by atoms with van der Waals surface area (Å²) >= 11 is 12.1. The lowest BCUT2D eigenvalue weighted by Gasteiger charge is -2.16. The molecule has 0 bridgehead atoms. The smallest absolute Gasteiger partial charge is 0.253 e. The van der Waals surface area contributed by atoms with E-state index in [1.165, 1.54) is 12.3 Å². The molecule has 0 radical (unpaired) electrons. The number of nitrogens with two attached hydrogens (primary N) is 1. The highest BCUT2D eigenvalue weighted by molar-refractivity contribution is 6.33. The van der Waals surface area contributed by atoms with Crippen LogP contribution in [-0.4, -0.2) is 10.9 Å². The van der Waals surface area contributed by atoms with Crippen LogP contribution in [-0.2, 0) is 0 Å². The largest absolute Gasteiger partial charge is 0.345 e. The van der Waals surface area contributed by atoms with Crippen molar-refractivity contribution in [2.45, 2.75) is 13.0 Å². The molecular formula is C14H14Cl2N4O. The predicted molar refractivity (Wildman–Crippen MR) is 84.4 cm³/mol. The van der Waals surface area contributed by atoms with Crippen LogP contribution in [0.4, 0.5) is 5.82 Å². The Labute approximate surface area is 132 Å². The fraction of sp³-hybridized carbons (Fsp3) is 0.143. The summed E-state index contributed by atoms with van der Waals surface area (Å²) in [5.74, 6) is 5.26. The molecule has 0 spiro atoms. The maximum Gasteiger partial charge on any atom is 0.253 e. The van der Waals surface area contributed by atoms with Gasteiger partial charge >= 0.3 is 0 Å². The number of nitrogens with one attached hydrogen (secondary N) is 2. The van der Waals surface area contributed by atoms with Gasteiger partial charge in [0.25, 0.3) is 5.91 Å². The molecule has 0 aliphatic rings. The van der Waals surface area contributed by atoms with Crippen molar-refractivity contribution >= 4 is 34.9 Å². The third-order valence-corrected chi connectivity index (χ3v) is 3.59. The molecule has 21 heavy (non-hydrogen) atoms. The van der Waals surface area contributed by atoms with Crippen LogP contribution in [0.1, 0.15) is 28.9 Å². The van der Waals surface area contributed by atoms with Crippen molar-refractivity contribution in [2.75, 3.05) is 5.43 Å². The number of nitrogens with zero attached hydrogens (tertiary/aromatic N) is 1. The Hall–Kier alpha value is -1.82. The fourth-order valence-electron chi connectivity index (χ4n) is 1.85. The van der Waals surface area contributed by atoms with E-state index in [4.69, 9.17) is 29.0 Å². The quantitative estimate of drug-likeness (QED) is 0.596. The molecular weight excluding hydrogens is 311 g/mol. The fourth-order valence-corrected chi connectivity index (χ4v) is 2.37. The summed E-state index contributed by atoms with van der Waals surface area (Å²) in [6, 6.07) is 8.60. The number of rotatable bonds is 4. The topological polar surface area (TPSA) is 80.0 Å². The van der Waals surface area contributed by atoms with Gasteiger partial charge in [0, 0.05) is 11.2 Å². The van der Waals surface area contributed by atoms with Crippen LogP contribution in [0.15, 0.2) is 36.5 Å². The molecule has 0 saturated heterocycles. The number of hydrazine groups is 1. The molecule has 2 aromatic rings. The zero-order valence-corrected chi connectivity index (χ0v) is 12.7.